The summed E-state index contributed by atoms with van der Waals surface area (Å²) < 4.78 is 11.0. The minimum absolute atomic E-state index is 0.210. The molecule has 3 heterocycles. The number of hydrogen-bond acceptors (Lipinski definition) is 8. The average Bonchev–Trinajstić information content (AvgIpc) is 3.26. The smallest absolute Gasteiger partial charge is 0.266 e. The van der Waals surface area contributed by atoms with Crippen molar-refractivity contribution in [1.29, 1.82) is 0 Å². The molecule has 25 heavy (non-hydrogen) atoms. The van der Waals surface area contributed by atoms with Crippen molar-refractivity contribution < 1.29 is 19.1 Å². The summed E-state index contributed by atoms with van der Waals surface area (Å²) in [6.45, 7) is 1.72. The predicted molar refractivity (Wildman–Crippen MR) is 86.9 cm³/mol. The fourth-order valence-electron chi connectivity index (χ4n) is 2.39. The average molecular weight is 338 g/mol. The van der Waals surface area contributed by atoms with Crippen molar-refractivity contribution in [3.8, 4) is 23.1 Å². The first-order chi connectivity index (χ1) is 12.2. The molecule has 4 rings (SSSR count). The molecule has 1 N–H and O–H groups in total. The maximum absolute atomic E-state index is 9.34. The molecule has 0 bridgehead atoms. The first kappa shape index (κ1) is 15.1. The van der Waals surface area contributed by atoms with Crippen LogP contribution in [0.4, 0.5) is 0 Å². The zero-order valence-corrected chi connectivity index (χ0v) is 13.3. The Bertz CT molecular complexity index is 903. The number of phenols is 1. The predicted octanol–water partition coefficient (Wildman–Crippen LogP) is 3.00. The molecule has 0 unspecified atom stereocenters. The van der Waals surface area contributed by atoms with Crippen LogP contribution in [0.15, 0.2) is 52.2 Å². The van der Waals surface area contributed by atoms with Gasteiger partial charge in [0.2, 0.25) is 11.8 Å². The van der Waals surface area contributed by atoms with E-state index >= 15 is 0 Å². The number of hydrogen-bond donors (Lipinski definition) is 1. The topological polar surface area (TPSA) is 103 Å². The highest BCUT2D eigenvalue weighted by Gasteiger charge is 2.24. The highest BCUT2D eigenvalue weighted by Crippen LogP contribution is 2.29. The zero-order valence-electron chi connectivity index (χ0n) is 13.3. The summed E-state index contributed by atoms with van der Waals surface area (Å²) in [4.78, 5) is 9.63. The van der Waals surface area contributed by atoms with Gasteiger partial charge in [0.15, 0.2) is 6.10 Å². The number of benzene rings is 1. The lowest BCUT2D eigenvalue weighted by Crippen LogP contribution is -2.07. The van der Waals surface area contributed by atoms with Crippen LogP contribution in [0.3, 0.4) is 0 Å². The quantitative estimate of drug-likeness (QED) is 0.783. The van der Waals surface area contributed by atoms with Crippen molar-refractivity contribution in [2.75, 3.05) is 0 Å². The minimum atomic E-state index is -0.232. The van der Waals surface area contributed by atoms with Gasteiger partial charge in [0.05, 0.1) is 12.6 Å². The summed E-state index contributed by atoms with van der Waals surface area (Å²) in [6.07, 6.45) is 1.82. The van der Waals surface area contributed by atoms with Gasteiger partial charge in [-0.15, -0.1) is 10.2 Å². The second kappa shape index (κ2) is 6.23. The molecule has 1 aliphatic heterocycles. The van der Waals surface area contributed by atoms with Crippen molar-refractivity contribution in [1.82, 2.24) is 15.2 Å². The van der Waals surface area contributed by atoms with Crippen molar-refractivity contribution >= 4 is 5.90 Å². The number of oxime groups is 1. The van der Waals surface area contributed by atoms with Gasteiger partial charge in [0.25, 0.3) is 5.89 Å². The highest BCUT2D eigenvalue weighted by atomic mass is 16.7. The van der Waals surface area contributed by atoms with Crippen LogP contribution >= 0.6 is 0 Å². The molecule has 2 aromatic heterocycles. The molecule has 0 amide bonds. The Labute approximate surface area is 142 Å². The van der Waals surface area contributed by atoms with Gasteiger partial charge in [0, 0.05) is 6.92 Å². The van der Waals surface area contributed by atoms with E-state index in [1.807, 2.05) is 0 Å². The van der Waals surface area contributed by atoms with E-state index in [-0.39, 0.29) is 11.9 Å². The zero-order chi connectivity index (χ0) is 17.2. The van der Waals surface area contributed by atoms with Crippen molar-refractivity contribution in [2.24, 2.45) is 5.16 Å². The third-order valence-corrected chi connectivity index (χ3v) is 3.62. The van der Waals surface area contributed by atoms with Gasteiger partial charge in [0.1, 0.15) is 17.2 Å². The third kappa shape index (κ3) is 3.27. The van der Waals surface area contributed by atoms with Gasteiger partial charge in [-0.05, 0) is 29.8 Å². The fourth-order valence-corrected chi connectivity index (χ4v) is 2.39. The Morgan fingerprint density at radius 2 is 1.96 bits per heavy atom. The van der Waals surface area contributed by atoms with Crippen LogP contribution in [0, 0.1) is 6.92 Å². The van der Waals surface area contributed by atoms with Crippen molar-refractivity contribution in [3.63, 3.8) is 0 Å². The molecule has 0 spiro atoms. The summed E-state index contributed by atoms with van der Waals surface area (Å²) in [5, 5.41) is 21.0. The molecule has 8 heteroatoms. The van der Waals surface area contributed by atoms with Crippen LogP contribution in [0.2, 0.25) is 0 Å². The van der Waals surface area contributed by atoms with Crippen LogP contribution in [0.5, 0.6) is 11.5 Å². The van der Waals surface area contributed by atoms with E-state index in [4.69, 9.17) is 14.0 Å². The first-order valence-corrected chi connectivity index (χ1v) is 7.63. The molecule has 0 aliphatic carbocycles. The monoisotopic (exact) mass is 338 g/mol. The molecule has 3 aromatic rings. The molecule has 0 saturated carbocycles. The number of nitrogens with zero attached hydrogens (tertiary/aromatic N) is 4. The largest absolute Gasteiger partial charge is 0.508 e. The Balaban J connectivity index is 1.40. The summed E-state index contributed by atoms with van der Waals surface area (Å²) in [6, 6.07) is 10.3. The first-order valence-electron chi connectivity index (χ1n) is 7.63. The highest BCUT2D eigenvalue weighted by molar-refractivity contribution is 5.79. The molecular formula is C17H14N4O4. The number of aromatic hydroxyl groups is 1. The maximum atomic E-state index is 9.34. The summed E-state index contributed by atoms with van der Waals surface area (Å²) >= 11 is 0. The Morgan fingerprint density at radius 3 is 2.64 bits per heavy atom. The van der Waals surface area contributed by atoms with Gasteiger partial charge in [-0.2, -0.15) is 0 Å². The van der Waals surface area contributed by atoms with E-state index in [0.717, 1.165) is 5.56 Å². The number of aryl methyl sites for hydroxylation is 1. The fraction of sp³-hybridized carbons (Fsp3) is 0.176. The summed E-state index contributed by atoms with van der Waals surface area (Å²) in [7, 11) is 0. The van der Waals surface area contributed by atoms with Gasteiger partial charge >= 0.3 is 0 Å². The maximum Gasteiger partial charge on any atom is 0.266 e. The Morgan fingerprint density at radius 1 is 1.12 bits per heavy atom. The summed E-state index contributed by atoms with van der Waals surface area (Å²) in [5.41, 5.74) is 1.49. The molecule has 8 nitrogen and oxygen atoms in total. The molecule has 0 saturated heterocycles. The molecule has 0 fully saturated rings. The number of ether oxygens (including phenoxy) is 1. The van der Waals surface area contributed by atoms with E-state index in [1.165, 1.54) is 0 Å². The number of aromatic nitrogens is 3. The van der Waals surface area contributed by atoms with Crippen LogP contribution in [0.25, 0.3) is 11.6 Å². The standard InChI is InChI=1S/C17H14N4O4/c1-10-19-20-17(23-10)14-7-6-13(9-18-14)24-16-8-15(25-21-16)11-2-4-12(22)5-3-11/h2-7,9,15,22H,8H2,1H3/t15-/m0/s1. The van der Waals surface area contributed by atoms with Crippen LogP contribution in [0.1, 0.15) is 24.0 Å². The van der Waals surface area contributed by atoms with Crippen LogP contribution in [-0.4, -0.2) is 26.2 Å². The minimum Gasteiger partial charge on any atom is -0.508 e. The third-order valence-electron chi connectivity index (χ3n) is 3.62. The Kier molecular flexibility index (Phi) is 3.77. The Hall–Kier alpha value is -3.42. The van der Waals surface area contributed by atoms with E-state index in [9.17, 15) is 5.11 Å². The lowest BCUT2D eigenvalue weighted by Gasteiger charge is -2.08. The van der Waals surface area contributed by atoms with Crippen molar-refractivity contribution in [2.45, 2.75) is 19.4 Å². The van der Waals surface area contributed by atoms with Gasteiger partial charge in [-0.3, -0.25) is 0 Å². The molecule has 1 atom stereocenters. The van der Waals surface area contributed by atoms with E-state index in [1.54, 1.807) is 49.5 Å². The van der Waals surface area contributed by atoms with E-state index < -0.39 is 0 Å². The van der Waals surface area contributed by atoms with E-state index in [0.29, 0.717) is 35.5 Å². The van der Waals surface area contributed by atoms with E-state index in [2.05, 4.69) is 20.3 Å². The number of rotatable bonds is 3. The number of phenolic OH excluding ortho intramolecular Hbond substituents is 1. The van der Waals surface area contributed by atoms with Gasteiger partial charge in [-0.25, -0.2) is 4.98 Å². The lowest BCUT2D eigenvalue weighted by molar-refractivity contribution is 0.0855. The number of pyridine rings is 1. The van der Waals surface area contributed by atoms with Gasteiger partial charge < -0.3 is 19.1 Å². The molecule has 1 aromatic carbocycles. The van der Waals surface area contributed by atoms with Crippen molar-refractivity contribution in [3.05, 3.63) is 54.0 Å². The molecular weight excluding hydrogens is 324 g/mol. The second-order valence-electron chi connectivity index (χ2n) is 5.48. The normalized spacial score (nSPS) is 16.4. The lowest BCUT2D eigenvalue weighted by atomic mass is 10.1. The van der Waals surface area contributed by atoms with Crippen LogP contribution < -0.4 is 4.74 Å². The van der Waals surface area contributed by atoms with Gasteiger partial charge in [-0.1, -0.05) is 17.3 Å². The SMILES string of the molecule is Cc1nnc(-c2ccc(OC3=NO[C@H](c4ccc(O)cc4)C3)cn2)o1. The molecule has 126 valence electrons. The molecule has 0 radical (unpaired) electrons. The van der Waals surface area contributed by atoms with Crippen LogP contribution in [-0.2, 0) is 4.84 Å². The second-order valence-corrected chi connectivity index (χ2v) is 5.48. The summed E-state index contributed by atoms with van der Waals surface area (Å²) in [5.74, 6) is 2.05. The molecule has 1 aliphatic rings.